The Kier molecular flexibility index (Phi) is 3.52. The van der Waals surface area contributed by atoms with Gasteiger partial charge in [-0.2, -0.15) is 0 Å². The maximum absolute atomic E-state index is 4.28. The zero-order valence-electron chi connectivity index (χ0n) is 9.90. The molecule has 1 N–H and O–H groups in total. The van der Waals surface area contributed by atoms with E-state index in [4.69, 9.17) is 0 Å². The second kappa shape index (κ2) is 5.08. The predicted molar refractivity (Wildman–Crippen MR) is 68.6 cm³/mol. The third kappa shape index (κ3) is 2.58. The lowest BCUT2D eigenvalue weighted by atomic mass is 10.1. The molecule has 0 saturated heterocycles. The Morgan fingerprint density at radius 3 is 2.81 bits per heavy atom. The number of hydrogen-bond donors (Lipinski definition) is 1. The highest BCUT2D eigenvalue weighted by Crippen LogP contribution is 2.16. The van der Waals surface area contributed by atoms with Crippen molar-refractivity contribution in [3.8, 4) is 0 Å². The number of pyridine rings is 1. The van der Waals surface area contributed by atoms with E-state index in [1.165, 1.54) is 16.3 Å². The molecule has 0 spiro atoms. The van der Waals surface area contributed by atoms with Gasteiger partial charge < -0.3 is 5.32 Å². The molecule has 0 aliphatic carbocycles. The van der Waals surface area contributed by atoms with Crippen LogP contribution in [0.5, 0.6) is 0 Å². The van der Waals surface area contributed by atoms with E-state index in [0.717, 1.165) is 13.0 Å². The maximum atomic E-state index is 4.28. The maximum Gasteiger partial charge on any atom is 0.0346 e. The summed E-state index contributed by atoms with van der Waals surface area (Å²) in [5.41, 5.74) is 1.33. The molecule has 0 fully saturated rings. The quantitative estimate of drug-likeness (QED) is 0.846. The smallest absolute Gasteiger partial charge is 0.0346 e. The van der Waals surface area contributed by atoms with Crippen LogP contribution >= 0.6 is 0 Å². The Morgan fingerprint density at radius 2 is 2.00 bits per heavy atom. The number of rotatable bonds is 4. The molecule has 84 valence electrons. The molecule has 2 aromatic rings. The minimum atomic E-state index is 0.544. The fourth-order valence-electron chi connectivity index (χ4n) is 1.87. The van der Waals surface area contributed by atoms with E-state index in [9.17, 15) is 0 Å². The lowest BCUT2D eigenvalue weighted by Gasteiger charge is -2.09. The average Bonchev–Trinajstić information content (AvgIpc) is 2.29. The first-order chi connectivity index (χ1) is 7.77. The van der Waals surface area contributed by atoms with Crippen LogP contribution in [0.15, 0.2) is 36.7 Å². The highest BCUT2D eigenvalue weighted by molar-refractivity contribution is 5.84. The SMILES string of the molecule is CC(C)NCCc1cncc2ccccc12. The van der Waals surface area contributed by atoms with Crippen molar-refractivity contribution >= 4 is 10.8 Å². The third-order valence-electron chi connectivity index (χ3n) is 2.70. The van der Waals surface area contributed by atoms with Gasteiger partial charge in [0.1, 0.15) is 0 Å². The van der Waals surface area contributed by atoms with Crippen molar-refractivity contribution in [3.05, 3.63) is 42.2 Å². The highest BCUT2D eigenvalue weighted by atomic mass is 14.9. The molecular weight excluding hydrogens is 196 g/mol. The molecule has 0 atom stereocenters. The number of hydrogen-bond acceptors (Lipinski definition) is 2. The van der Waals surface area contributed by atoms with Gasteiger partial charge in [-0.05, 0) is 23.9 Å². The van der Waals surface area contributed by atoms with Crippen LogP contribution in [0, 0.1) is 0 Å². The molecule has 0 bridgehead atoms. The van der Waals surface area contributed by atoms with Crippen LogP contribution in [0.25, 0.3) is 10.8 Å². The molecule has 2 heteroatoms. The van der Waals surface area contributed by atoms with E-state index >= 15 is 0 Å². The Hall–Kier alpha value is -1.41. The summed E-state index contributed by atoms with van der Waals surface area (Å²) in [7, 11) is 0. The van der Waals surface area contributed by atoms with Crippen molar-refractivity contribution in [1.82, 2.24) is 10.3 Å². The van der Waals surface area contributed by atoms with Gasteiger partial charge >= 0.3 is 0 Å². The van der Waals surface area contributed by atoms with Gasteiger partial charge in [0.25, 0.3) is 0 Å². The van der Waals surface area contributed by atoms with Gasteiger partial charge in [-0.3, -0.25) is 4.98 Å². The lowest BCUT2D eigenvalue weighted by Crippen LogP contribution is -2.25. The van der Waals surface area contributed by atoms with Crippen molar-refractivity contribution in [3.63, 3.8) is 0 Å². The highest BCUT2D eigenvalue weighted by Gasteiger charge is 2.01. The molecule has 0 amide bonds. The van der Waals surface area contributed by atoms with Gasteiger partial charge in [0.15, 0.2) is 0 Å². The van der Waals surface area contributed by atoms with Crippen LogP contribution in [0.2, 0.25) is 0 Å². The normalized spacial score (nSPS) is 11.2. The van der Waals surface area contributed by atoms with Gasteiger partial charge in [0.2, 0.25) is 0 Å². The van der Waals surface area contributed by atoms with E-state index < -0.39 is 0 Å². The average molecular weight is 214 g/mol. The van der Waals surface area contributed by atoms with Gasteiger partial charge in [-0.15, -0.1) is 0 Å². The molecule has 16 heavy (non-hydrogen) atoms. The molecule has 0 unspecified atom stereocenters. The number of nitrogens with one attached hydrogen (secondary N) is 1. The second-order valence-corrected chi connectivity index (χ2v) is 4.38. The number of nitrogens with zero attached hydrogens (tertiary/aromatic N) is 1. The third-order valence-corrected chi connectivity index (χ3v) is 2.70. The summed E-state index contributed by atoms with van der Waals surface area (Å²) in [4.78, 5) is 4.28. The van der Waals surface area contributed by atoms with Crippen LogP contribution in [0.1, 0.15) is 19.4 Å². The first kappa shape index (κ1) is 11.1. The van der Waals surface area contributed by atoms with Crippen molar-refractivity contribution in [2.45, 2.75) is 26.3 Å². The van der Waals surface area contributed by atoms with Gasteiger partial charge in [-0.1, -0.05) is 38.1 Å². The van der Waals surface area contributed by atoms with E-state index in [2.05, 4.69) is 48.4 Å². The van der Waals surface area contributed by atoms with E-state index in [0.29, 0.717) is 6.04 Å². The monoisotopic (exact) mass is 214 g/mol. The largest absolute Gasteiger partial charge is 0.314 e. The van der Waals surface area contributed by atoms with Gasteiger partial charge in [0, 0.05) is 23.8 Å². The summed E-state index contributed by atoms with van der Waals surface area (Å²) >= 11 is 0. The van der Waals surface area contributed by atoms with Crippen LogP contribution < -0.4 is 5.32 Å². The van der Waals surface area contributed by atoms with Crippen molar-refractivity contribution in [2.24, 2.45) is 0 Å². The van der Waals surface area contributed by atoms with Crippen molar-refractivity contribution < 1.29 is 0 Å². The van der Waals surface area contributed by atoms with E-state index in [1.807, 2.05) is 12.4 Å². The molecule has 2 rings (SSSR count). The molecule has 0 aliphatic rings. The van der Waals surface area contributed by atoms with Gasteiger partial charge in [-0.25, -0.2) is 0 Å². The summed E-state index contributed by atoms with van der Waals surface area (Å²) < 4.78 is 0. The first-order valence-corrected chi connectivity index (χ1v) is 5.82. The standard InChI is InChI=1S/C14H18N2/c1-11(2)16-8-7-13-10-15-9-12-5-3-4-6-14(12)13/h3-6,9-11,16H,7-8H2,1-2H3. The summed E-state index contributed by atoms with van der Waals surface area (Å²) in [6.07, 6.45) is 4.94. The van der Waals surface area contributed by atoms with Gasteiger partial charge in [0.05, 0.1) is 0 Å². The molecule has 0 saturated carbocycles. The van der Waals surface area contributed by atoms with E-state index in [-0.39, 0.29) is 0 Å². The number of aromatic nitrogens is 1. The summed E-state index contributed by atoms with van der Waals surface area (Å²) in [5.74, 6) is 0. The minimum absolute atomic E-state index is 0.544. The Bertz CT molecular complexity index is 458. The molecule has 0 aliphatic heterocycles. The predicted octanol–water partition coefficient (Wildman–Crippen LogP) is 2.78. The summed E-state index contributed by atoms with van der Waals surface area (Å²) in [6.45, 7) is 5.34. The Labute approximate surface area is 96.7 Å². The first-order valence-electron chi connectivity index (χ1n) is 5.82. The minimum Gasteiger partial charge on any atom is -0.314 e. The topological polar surface area (TPSA) is 24.9 Å². The zero-order chi connectivity index (χ0) is 11.4. The summed E-state index contributed by atoms with van der Waals surface area (Å²) in [5, 5.41) is 5.98. The molecule has 1 heterocycles. The van der Waals surface area contributed by atoms with E-state index in [1.54, 1.807) is 0 Å². The van der Waals surface area contributed by atoms with Crippen molar-refractivity contribution in [2.75, 3.05) is 6.54 Å². The Balaban J connectivity index is 2.17. The van der Waals surface area contributed by atoms with Crippen molar-refractivity contribution in [1.29, 1.82) is 0 Å². The fourth-order valence-corrected chi connectivity index (χ4v) is 1.87. The fraction of sp³-hybridized carbons (Fsp3) is 0.357. The van der Waals surface area contributed by atoms with Crippen LogP contribution in [-0.4, -0.2) is 17.6 Å². The van der Waals surface area contributed by atoms with Crippen LogP contribution in [-0.2, 0) is 6.42 Å². The lowest BCUT2D eigenvalue weighted by molar-refractivity contribution is 0.591. The summed E-state index contributed by atoms with van der Waals surface area (Å²) in [6, 6.07) is 8.97. The van der Waals surface area contributed by atoms with Crippen LogP contribution in [0.3, 0.4) is 0 Å². The zero-order valence-corrected chi connectivity index (χ0v) is 9.90. The molecule has 1 aromatic carbocycles. The number of fused-ring (bicyclic) bond motifs is 1. The number of benzene rings is 1. The molecule has 2 nitrogen and oxygen atoms in total. The Morgan fingerprint density at radius 1 is 1.19 bits per heavy atom. The molecule has 1 aromatic heterocycles. The molecule has 0 radical (unpaired) electrons. The molecular formula is C14H18N2. The van der Waals surface area contributed by atoms with Crippen LogP contribution in [0.4, 0.5) is 0 Å². The second-order valence-electron chi connectivity index (χ2n) is 4.38.